The van der Waals surface area contributed by atoms with E-state index in [1.807, 2.05) is 85.8 Å². The average molecular weight is 471 g/mol. The maximum Gasteiger partial charge on any atom is 0.319 e. The summed E-state index contributed by atoms with van der Waals surface area (Å²) in [5.41, 5.74) is 3.41. The van der Waals surface area contributed by atoms with Crippen LogP contribution in [0.2, 0.25) is 0 Å². The first-order valence-corrected chi connectivity index (χ1v) is 11.7. The third-order valence-electron chi connectivity index (χ3n) is 6.29. The van der Waals surface area contributed by atoms with Crippen LogP contribution >= 0.6 is 0 Å². The fourth-order valence-corrected chi connectivity index (χ4v) is 4.55. The monoisotopic (exact) mass is 470 g/mol. The SMILES string of the molecule is Cc1cccc(NC(=O)NCC(=O)N2C(C(=O)N(C)c3ccccc3)CCC2c2ccccc2)c1. The minimum atomic E-state index is -0.612. The van der Waals surface area contributed by atoms with Crippen molar-refractivity contribution >= 4 is 29.2 Å². The Morgan fingerprint density at radius 1 is 0.914 bits per heavy atom. The zero-order valence-corrected chi connectivity index (χ0v) is 20.0. The molecule has 1 saturated heterocycles. The van der Waals surface area contributed by atoms with Crippen LogP contribution in [0.4, 0.5) is 16.2 Å². The second kappa shape index (κ2) is 10.9. The summed E-state index contributed by atoms with van der Waals surface area (Å²) in [6, 6.07) is 25.2. The highest BCUT2D eigenvalue weighted by molar-refractivity contribution is 6.00. The number of urea groups is 1. The van der Waals surface area contributed by atoms with Gasteiger partial charge < -0.3 is 20.4 Å². The first-order valence-electron chi connectivity index (χ1n) is 11.7. The van der Waals surface area contributed by atoms with E-state index in [0.29, 0.717) is 18.5 Å². The minimum absolute atomic E-state index is 0.146. The maximum absolute atomic E-state index is 13.5. The van der Waals surface area contributed by atoms with Gasteiger partial charge in [-0.3, -0.25) is 9.59 Å². The number of benzene rings is 3. The summed E-state index contributed by atoms with van der Waals surface area (Å²) in [7, 11) is 1.73. The molecule has 0 aromatic heterocycles. The van der Waals surface area contributed by atoms with Gasteiger partial charge in [0.2, 0.25) is 11.8 Å². The molecule has 7 heteroatoms. The number of aryl methyl sites for hydroxylation is 1. The first kappa shape index (κ1) is 24.0. The van der Waals surface area contributed by atoms with Gasteiger partial charge in [-0.25, -0.2) is 4.79 Å². The smallest absolute Gasteiger partial charge is 0.319 e. The molecule has 1 heterocycles. The van der Waals surface area contributed by atoms with Gasteiger partial charge in [0.25, 0.3) is 0 Å². The topological polar surface area (TPSA) is 81.8 Å². The summed E-state index contributed by atoms with van der Waals surface area (Å²) < 4.78 is 0. The molecule has 0 spiro atoms. The van der Waals surface area contributed by atoms with Gasteiger partial charge in [-0.2, -0.15) is 0 Å². The van der Waals surface area contributed by atoms with E-state index in [4.69, 9.17) is 0 Å². The Morgan fingerprint density at radius 2 is 1.60 bits per heavy atom. The number of carbonyl (C=O) groups is 3. The first-order chi connectivity index (χ1) is 16.9. The number of likely N-dealkylation sites (N-methyl/N-ethyl adjacent to an activating group) is 1. The summed E-state index contributed by atoms with van der Waals surface area (Å²) in [6.45, 7) is 1.73. The van der Waals surface area contributed by atoms with Gasteiger partial charge in [0.1, 0.15) is 6.04 Å². The molecule has 0 radical (unpaired) electrons. The molecule has 35 heavy (non-hydrogen) atoms. The van der Waals surface area contributed by atoms with Gasteiger partial charge in [0, 0.05) is 18.4 Å². The van der Waals surface area contributed by atoms with Crippen LogP contribution in [0.25, 0.3) is 0 Å². The van der Waals surface area contributed by atoms with Crippen molar-refractivity contribution in [1.29, 1.82) is 0 Å². The molecule has 0 bridgehead atoms. The van der Waals surface area contributed by atoms with Crippen LogP contribution in [-0.4, -0.2) is 42.4 Å². The second-order valence-electron chi connectivity index (χ2n) is 8.73. The third-order valence-corrected chi connectivity index (χ3v) is 6.29. The van der Waals surface area contributed by atoms with Gasteiger partial charge >= 0.3 is 6.03 Å². The molecule has 2 N–H and O–H groups in total. The highest BCUT2D eigenvalue weighted by Crippen LogP contribution is 2.37. The molecule has 0 saturated carbocycles. The molecule has 3 aromatic rings. The normalized spacial score (nSPS) is 17.0. The second-order valence-corrected chi connectivity index (χ2v) is 8.73. The van der Waals surface area contributed by atoms with Gasteiger partial charge in [-0.15, -0.1) is 0 Å². The Labute approximate surface area is 205 Å². The lowest BCUT2D eigenvalue weighted by molar-refractivity contribution is -0.138. The van der Waals surface area contributed by atoms with Gasteiger partial charge in [0.15, 0.2) is 0 Å². The van der Waals surface area contributed by atoms with Crippen molar-refractivity contribution < 1.29 is 14.4 Å². The number of para-hydroxylation sites is 1. The molecule has 4 rings (SSSR count). The quantitative estimate of drug-likeness (QED) is 0.556. The molecule has 0 aliphatic carbocycles. The summed E-state index contributed by atoms with van der Waals surface area (Å²) >= 11 is 0. The lowest BCUT2D eigenvalue weighted by Crippen LogP contribution is -2.50. The Bertz CT molecular complexity index is 1180. The van der Waals surface area contributed by atoms with Crippen LogP contribution in [0.1, 0.15) is 30.0 Å². The van der Waals surface area contributed by atoms with Crippen molar-refractivity contribution in [3.05, 3.63) is 96.1 Å². The number of anilines is 2. The van der Waals surface area contributed by atoms with Crippen LogP contribution in [0, 0.1) is 6.92 Å². The van der Waals surface area contributed by atoms with E-state index in [2.05, 4.69) is 10.6 Å². The lowest BCUT2D eigenvalue weighted by Gasteiger charge is -2.32. The molecule has 4 amide bonds. The fourth-order valence-electron chi connectivity index (χ4n) is 4.55. The number of rotatable bonds is 6. The van der Waals surface area contributed by atoms with E-state index in [9.17, 15) is 14.4 Å². The Balaban J connectivity index is 1.50. The Hall–Kier alpha value is -4.13. The summed E-state index contributed by atoms with van der Waals surface area (Å²) in [5.74, 6) is -0.442. The Kier molecular flexibility index (Phi) is 7.45. The van der Waals surface area contributed by atoms with E-state index >= 15 is 0 Å². The van der Waals surface area contributed by atoms with Crippen molar-refractivity contribution in [2.24, 2.45) is 0 Å². The number of hydrogen-bond donors (Lipinski definition) is 2. The number of hydrogen-bond acceptors (Lipinski definition) is 3. The predicted molar refractivity (Wildman–Crippen MR) is 137 cm³/mol. The number of likely N-dealkylation sites (tertiary alicyclic amines) is 1. The lowest BCUT2D eigenvalue weighted by atomic mass is 10.0. The van der Waals surface area contributed by atoms with Crippen molar-refractivity contribution in [2.45, 2.75) is 31.8 Å². The van der Waals surface area contributed by atoms with Crippen molar-refractivity contribution in [1.82, 2.24) is 10.2 Å². The zero-order chi connectivity index (χ0) is 24.8. The number of nitrogens with zero attached hydrogens (tertiary/aromatic N) is 2. The highest BCUT2D eigenvalue weighted by atomic mass is 16.2. The minimum Gasteiger partial charge on any atom is -0.329 e. The van der Waals surface area contributed by atoms with E-state index in [1.54, 1.807) is 22.9 Å². The molecule has 2 unspecified atom stereocenters. The van der Waals surface area contributed by atoms with Gasteiger partial charge in [-0.05, 0) is 55.2 Å². The van der Waals surface area contributed by atoms with Crippen LogP contribution in [0.15, 0.2) is 84.9 Å². The van der Waals surface area contributed by atoms with Gasteiger partial charge in [0.05, 0.1) is 12.6 Å². The van der Waals surface area contributed by atoms with Gasteiger partial charge in [-0.1, -0.05) is 60.7 Å². The molecule has 1 aliphatic heterocycles. The molecule has 180 valence electrons. The van der Waals surface area contributed by atoms with Crippen LogP contribution in [0.5, 0.6) is 0 Å². The molecule has 2 atom stereocenters. The van der Waals surface area contributed by atoms with Crippen molar-refractivity contribution in [3.63, 3.8) is 0 Å². The average Bonchev–Trinajstić information content (AvgIpc) is 3.33. The fraction of sp³-hybridized carbons (Fsp3) is 0.250. The number of carbonyl (C=O) groups excluding carboxylic acids is 3. The summed E-state index contributed by atoms with van der Waals surface area (Å²) in [6.07, 6.45) is 1.22. The molecule has 1 fully saturated rings. The van der Waals surface area contributed by atoms with Crippen LogP contribution in [0.3, 0.4) is 0 Å². The van der Waals surface area contributed by atoms with Crippen LogP contribution in [-0.2, 0) is 9.59 Å². The molecule has 1 aliphatic rings. The molecule has 7 nitrogen and oxygen atoms in total. The standard InChI is InChI=1S/C28H30N4O3/c1-20-10-9-13-22(18-20)30-28(35)29-19-26(33)32-24(21-11-5-3-6-12-21)16-17-25(32)27(34)31(2)23-14-7-4-8-15-23/h3-15,18,24-25H,16-17,19H2,1-2H3,(H2,29,30,35). The zero-order valence-electron chi connectivity index (χ0n) is 20.0. The van der Waals surface area contributed by atoms with E-state index < -0.39 is 12.1 Å². The predicted octanol–water partition coefficient (Wildman–Crippen LogP) is 4.51. The van der Waals surface area contributed by atoms with E-state index in [0.717, 1.165) is 16.8 Å². The number of nitrogens with one attached hydrogen (secondary N) is 2. The van der Waals surface area contributed by atoms with Crippen molar-refractivity contribution in [3.8, 4) is 0 Å². The molecular formula is C28H30N4O3. The highest BCUT2D eigenvalue weighted by Gasteiger charge is 2.42. The largest absolute Gasteiger partial charge is 0.329 e. The third kappa shape index (κ3) is 5.69. The summed E-state index contributed by atoms with van der Waals surface area (Å²) in [5, 5.41) is 5.40. The Morgan fingerprint density at radius 3 is 2.29 bits per heavy atom. The number of amides is 4. The van der Waals surface area contributed by atoms with Crippen molar-refractivity contribution in [2.75, 3.05) is 23.8 Å². The maximum atomic E-state index is 13.5. The summed E-state index contributed by atoms with van der Waals surface area (Å²) in [4.78, 5) is 42.6. The molecule has 3 aromatic carbocycles. The molecular weight excluding hydrogens is 440 g/mol. The van der Waals surface area contributed by atoms with E-state index in [1.165, 1.54) is 0 Å². The van der Waals surface area contributed by atoms with E-state index in [-0.39, 0.29) is 24.4 Å². The van der Waals surface area contributed by atoms with Crippen LogP contribution < -0.4 is 15.5 Å².